The van der Waals surface area contributed by atoms with E-state index in [-0.39, 0.29) is 5.91 Å². The molecule has 1 heterocycles. The van der Waals surface area contributed by atoms with Crippen molar-refractivity contribution in [1.29, 1.82) is 0 Å². The maximum absolute atomic E-state index is 12.4. The van der Waals surface area contributed by atoms with Crippen LogP contribution in [0, 0.1) is 0 Å². The van der Waals surface area contributed by atoms with Crippen molar-refractivity contribution in [1.82, 2.24) is 0 Å². The first-order valence-corrected chi connectivity index (χ1v) is 8.92. The first-order chi connectivity index (χ1) is 9.65. The van der Waals surface area contributed by atoms with E-state index in [4.69, 9.17) is 0 Å². The fourth-order valence-corrected chi connectivity index (χ4v) is 5.38. The Kier molecular flexibility index (Phi) is 4.29. The lowest BCUT2D eigenvalue weighted by molar-refractivity contribution is 0.102. The molecular weight excluding hydrogens is 402 g/mol. The van der Waals surface area contributed by atoms with Crippen LogP contribution in [-0.4, -0.2) is 5.91 Å². The SMILES string of the molecule is O=C(Nc1cccc2c1CCCC2)c1cc(Br)sc1Br. The molecule has 0 aliphatic heterocycles. The van der Waals surface area contributed by atoms with Crippen LogP contribution in [0.2, 0.25) is 0 Å². The van der Waals surface area contributed by atoms with Crippen molar-refractivity contribution < 1.29 is 4.79 Å². The van der Waals surface area contributed by atoms with Gasteiger partial charge in [-0.15, -0.1) is 11.3 Å². The second-order valence-electron chi connectivity index (χ2n) is 4.84. The number of hydrogen-bond donors (Lipinski definition) is 1. The highest BCUT2D eigenvalue weighted by atomic mass is 79.9. The van der Waals surface area contributed by atoms with Crippen molar-refractivity contribution in [2.45, 2.75) is 25.7 Å². The molecule has 1 aliphatic carbocycles. The zero-order valence-electron chi connectivity index (χ0n) is 10.7. The average molecular weight is 415 g/mol. The van der Waals surface area contributed by atoms with E-state index in [1.807, 2.05) is 18.2 Å². The summed E-state index contributed by atoms with van der Waals surface area (Å²) in [7, 11) is 0. The predicted molar refractivity (Wildman–Crippen MR) is 90.8 cm³/mol. The number of anilines is 1. The van der Waals surface area contributed by atoms with Gasteiger partial charge in [-0.25, -0.2) is 0 Å². The van der Waals surface area contributed by atoms with Crippen molar-refractivity contribution in [2.75, 3.05) is 5.32 Å². The Balaban J connectivity index is 1.88. The monoisotopic (exact) mass is 413 g/mol. The summed E-state index contributed by atoms with van der Waals surface area (Å²) in [6.45, 7) is 0. The third-order valence-corrected chi connectivity index (χ3v) is 5.88. The Bertz CT molecular complexity index is 666. The molecular formula is C15H13Br2NOS. The molecule has 0 bridgehead atoms. The first-order valence-electron chi connectivity index (χ1n) is 6.52. The molecule has 0 saturated carbocycles. The number of thiophene rings is 1. The van der Waals surface area contributed by atoms with Gasteiger partial charge in [0.15, 0.2) is 0 Å². The Morgan fingerprint density at radius 1 is 1.20 bits per heavy atom. The number of fused-ring (bicyclic) bond motifs is 1. The molecule has 2 aromatic rings. The van der Waals surface area contributed by atoms with E-state index < -0.39 is 0 Å². The van der Waals surface area contributed by atoms with Gasteiger partial charge in [0, 0.05) is 5.69 Å². The molecule has 1 amide bonds. The zero-order chi connectivity index (χ0) is 14.1. The summed E-state index contributed by atoms with van der Waals surface area (Å²) in [5.74, 6) is -0.0576. The van der Waals surface area contributed by atoms with Gasteiger partial charge < -0.3 is 5.32 Å². The second kappa shape index (κ2) is 6.00. The fraction of sp³-hybridized carbons (Fsp3) is 0.267. The minimum Gasteiger partial charge on any atom is -0.322 e. The summed E-state index contributed by atoms with van der Waals surface area (Å²) in [4.78, 5) is 12.4. The van der Waals surface area contributed by atoms with Gasteiger partial charge in [-0.2, -0.15) is 0 Å². The maximum Gasteiger partial charge on any atom is 0.257 e. The van der Waals surface area contributed by atoms with Crippen LogP contribution in [0.3, 0.4) is 0 Å². The lowest BCUT2D eigenvalue weighted by Gasteiger charge is -2.19. The Morgan fingerprint density at radius 3 is 2.75 bits per heavy atom. The van der Waals surface area contributed by atoms with E-state index in [2.05, 4.69) is 43.2 Å². The van der Waals surface area contributed by atoms with E-state index in [9.17, 15) is 4.79 Å². The molecule has 1 aliphatic rings. The second-order valence-corrected chi connectivity index (χ2v) is 8.59. The fourth-order valence-electron chi connectivity index (χ4n) is 2.58. The van der Waals surface area contributed by atoms with Crippen molar-refractivity contribution in [3.63, 3.8) is 0 Å². The molecule has 0 unspecified atom stereocenters. The van der Waals surface area contributed by atoms with E-state index in [0.717, 1.165) is 26.1 Å². The Labute approximate surface area is 138 Å². The Hall–Kier alpha value is -0.650. The molecule has 0 fully saturated rings. The Morgan fingerprint density at radius 2 is 2.00 bits per heavy atom. The average Bonchev–Trinajstić information content (AvgIpc) is 2.78. The van der Waals surface area contributed by atoms with Crippen LogP contribution in [0.15, 0.2) is 31.8 Å². The van der Waals surface area contributed by atoms with Gasteiger partial charge in [-0.1, -0.05) is 12.1 Å². The molecule has 0 atom stereocenters. The number of nitrogens with one attached hydrogen (secondary N) is 1. The van der Waals surface area contributed by atoms with Crippen LogP contribution >= 0.6 is 43.2 Å². The first kappa shape index (κ1) is 14.3. The molecule has 3 rings (SSSR count). The standard InChI is InChI=1S/C15H13Br2NOS/c16-13-8-11(14(17)20-13)15(19)18-12-7-3-5-9-4-1-2-6-10(9)12/h3,5,7-8H,1-2,4,6H2,(H,18,19). The van der Waals surface area contributed by atoms with Gasteiger partial charge in [0.25, 0.3) is 5.91 Å². The molecule has 2 nitrogen and oxygen atoms in total. The van der Waals surface area contributed by atoms with Crippen LogP contribution < -0.4 is 5.32 Å². The van der Waals surface area contributed by atoms with Gasteiger partial charge in [0.05, 0.1) is 13.1 Å². The number of benzene rings is 1. The molecule has 0 radical (unpaired) electrons. The number of halogens is 2. The van der Waals surface area contributed by atoms with E-state index >= 15 is 0 Å². The highest BCUT2D eigenvalue weighted by Crippen LogP contribution is 2.33. The number of amides is 1. The lowest BCUT2D eigenvalue weighted by Crippen LogP contribution is -2.15. The number of aryl methyl sites for hydroxylation is 1. The topological polar surface area (TPSA) is 29.1 Å². The number of carbonyl (C=O) groups is 1. The predicted octanol–water partition coefficient (Wildman–Crippen LogP) is 5.40. The molecule has 0 spiro atoms. The summed E-state index contributed by atoms with van der Waals surface area (Å²) >= 11 is 8.35. The lowest BCUT2D eigenvalue weighted by atomic mass is 9.90. The highest BCUT2D eigenvalue weighted by Gasteiger charge is 2.17. The van der Waals surface area contributed by atoms with E-state index in [0.29, 0.717) is 5.56 Å². The van der Waals surface area contributed by atoms with Gasteiger partial charge in [-0.3, -0.25) is 4.79 Å². The van der Waals surface area contributed by atoms with Gasteiger partial charge in [-0.05, 0) is 80.8 Å². The van der Waals surface area contributed by atoms with E-state index in [1.165, 1.54) is 35.3 Å². The molecule has 0 saturated heterocycles. The highest BCUT2D eigenvalue weighted by molar-refractivity contribution is 9.12. The summed E-state index contributed by atoms with van der Waals surface area (Å²) in [5, 5.41) is 3.06. The third-order valence-electron chi connectivity index (χ3n) is 3.55. The summed E-state index contributed by atoms with van der Waals surface area (Å²) in [5.41, 5.74) is 4.31. The number of rotatable bonds is 2. The molecule has 1 aromatic carbocycles. The minimum atomic E-state index is -0.0576. The largest absolute Gasteiger partial charge is 0.322 e. The van der Waals surface area contributed by atoms with Crippen LogP contribution in [-0.2, 0) is 12.8 Å². The quantitative estimate of drug-likeness (QED) is 0.699. The van der Waals surface area contributed by atoms with Crippen LogP contribution in [0.1, 0.15) is 34.3 Å². The molecule has 5 heteroatoms. The number of carbonyl (C=O) groups excluding carboxylic acids is 1. The van der Waals surface area contributed by atoms with Crippen LogP contribution in [0.5, 0.6) is 0 Å². The molecule has 104 valence electrons. The maximum atomic E-state index is 12.4. The normalized spacial score (nSPS) is 13.9. The van der Waals surface area contributed by atoms with Crippen molar-refractivity contribution in [2.24, 2.45) is 0 Å². The summed E-state index contributed by atoms with van der Waals surface area (Å²) in [6.07, 6.45) is 4.62. The summed E-state index contributed by atoms with van der Waals surface area (Å²) in [6, 6.07) is 8.04. The van der Waals surface area contributed by atoms with Crippen molar-refractivity contribution >= 4 is 54.8 Å². The van der Waals surface area contributed by atoms with Gasteiger partial charge in [0.2, 0.25) is 0 Å². The van der Waals surface area contributed by atoms with Crippen molar-refractivity contribution in [3.05, 3.63) is 48.5 Å². The zero-order valence-corrected chi connectivity index (χ0v) is 14.7. The third kappa shape index (κ3) is 2.85. The molecule has 1 aromatic heterocycles. The minimum absolute atomic E-state index is 0.0576. The van der Waals surface area contributed by atoms with Gasteiger partial charge >= 0.3 is 0 Å². The molecule has 1 N–H and O–H groups in total. The van der Waals surface area contributed by atoms with Gasteiger partial charge in [0.1, 0.15) is 0 Å². The number of hydrogen-bond acceptors (Lipinski definition) is 2. The summed E-state index contributed by atoms with van der Waals surface area (Å²) < 4.78 is 1.80. The van der Waals surface area contributed by atoms with Crippen LogP contribution in [0.4, 0.5) is 5.69 Å². The molecule has 20 heavy (non-hydrogen) atoms. The smallest absolute Gasteiger partial charge is 0.257 e. The van der Waals surface area contributed by atoms with Crippen molar-refractivity contribution in [3.8, 4) is 0 Å². The van der Waals surface area contributed by atoms with Crippen LogP contribution in [0.25, 0.3) is 0 Å². The van der Waals surface area contributed by atoms with E-state index in [1.54, 1.807) is 0 Å².